The van der Waals surface area contributed by atoms with E-state index in [1.807, 2.05) is 6.92 Å². The number of nitro benzene ring substituents is 1. The maximum atomic E-state index is 13.3. The van der Waals surface area contributed by atoms with Crippen molar-refractivity contribution in [3.05, 3.63) is 39.7 Å². The quantitative estimate of drug-likeness (QED) is 0.628. The minimum absolute atomic E-state index is 0.0893. The number of aliphatic hydroxyl groups excluding tert-OH is 1. The monoisotopic (exact) mass is 270 g/mol. The number of non-ortho nitro benzene ring substituents is 1. The number of nitro groups is 1. The molecule has 0 unspecified atom stereocenters. The van der Waals surface area contributed by atoms with E-state index >= 15 is 0 Å². The fourth-order valence-electron chi connectivity index (χ4n) is 1.69. The van der Waals surface area contributed by atoms with Crippen molar-refractivity contribution in [1.29, 1.82) is 0 Å². The molecule has 1 aromatic carbocycles. The summed E-state index contributed by atoms with van der Waals surface area (Å²) < 4.78 is 13.3. The molecule has 0 aliphatic rings. The Morgan fingerprint density at radius 2 is 2.11 bits per heavy atom. The second kappa shape index (κ2) is 6.79. The normalized spacial score (nSPS) is 10.3. The molecule has 1 amide bonds. The molecular formula is C12H15FN2O4. The van der Waals surface area contributed by atoms with Gasteiger partial charge in [-0.15, -0.1) is 0 Å². The minimum Gasteiger partial charge on any atom is -0.395 e. The van der Waals surface area contributed by atoms with Gasteiger partial charge in [-0.25, -0.2) is 4.39 Å². The SMILES string of the molecule is CCCN(CCO)C(=O)c1cc(F)cc([N+](=O)[O-])c1. The van der Waals surface area contributed by atoms with E-state index in [4.69, 9.17) is 5.11 Å². The molecule has 0 bridgehead atoms. The highest BCUT2D eigenvalue weighted by atomic mass is 19.1. The highest BCUT2D eigenvalue weighted by molar-refractivity contribution is 5.94. The molecular weight excluding hydrogens is 255 g/mol. The van der Waals surface area contributed by atoms with Crippen LogP contribution in [0.5, 0.6) is 0 Å². The van der Waals surface area contributed by atoms with Crippen LogP contribution in [-0.2, 0) is 0 Å². The molecule has 0 saturated carbocycles. The number of hydrogen-bond acceptors (Lipinski definition) is 4. The van der Waals surface area contributed by atoms with Crippen LogP contribution < -0.4 is 0 Å². The number of aliphatic hydroxyl groups is 1. The Kier molecular flexibility index (Phi) is 5.37. The maximum absolute atomic E-state index is 13.3. The Bertz CT molecular complexity index is 473. The second-order valence-corrected chi connectivity index (χ2v) is 3.97. The molecule has 0 aliphatic carbocycles. The summed E-state index contributed by atoms with van der Waals surface area (Å²) in [5.74, 6) is -1.36. The van der Waals surface area contributed by atoms with E-state index in [0.29, 0.717) is 13.0 Å². The zero-order valence-corrected chi connectivity index (χ0v) is 10.5. The van der Waals surface area contributed by atoms with Crippen LogP contribution in [0.3, 0.4) is 0 Å². The van der Waals surface area contributed by atoms with Gasteiger partial charge in [-0.2, -0.15) is 0 Å². The highest BCUT2D eigenvalue weighted by Gasteiger charge is 2.19. The Hall–Kier alpha value is -2.02. The van der Waals surface area contributed by atoms with Gasteiger partial charge in [0, 0.05) is 24.7 Å². The number of rotatable bonds is 6. The topological polar surface area (TPSA) is 83.7 Å². The van der Waals surface area contributed by atoms with Crippen LogP contribution in [0.15, 0.2) is 18.2 Å². The molecule has 0 saturated heterocycles. The summed E-state index contributed by atoms with van der Waals surface area (Å²) >= 11 is 0. The first-order chi connectivity index (χ1) is 8.99. The summed E-state index contributed by atoms with van der Waals surface area (Å²) in [7, 11) is 0. The van der Waals surface area contributed by atoms with Crippen molar-refractivity contribution in [2.45, 2.75) is 13.3 Å². The average Bonchev–Trinajstić information content (AvgIpc) is 2.37. The molecule has 0 aromatic heterocycles. The van der Waals surface area contributed by atoms with Crippen LogP contribution in [0.25, 0.3) is 0 Å². The summed E-state index contributed by atoms with van der Waals surface area (Å²) in [6.07, 6.45) is 0.670. The smallest absolute Gasteiger partial charge is 0.273 e. The first-order valence-corrected chi connectivity index (χ1v) is 5.84. The van der Waals surface area contributed by atoms with Gasteiger partial charge in [-0.1, -0.05) is 6.92 Å². The van der Waals surface area contributed by atoms with Crippen molar-refractivity contribution >= 4 is 11.6 Å². The van der Waals surface area contributed by atoms with Gasteiger partial charge in [0.1, 0.15) is 5.82 Å². The average molecular weight is 270 g/mol. The predicted octanol–water partition coefficient (Wildman–Crippen LogP) is 1.58. The molecule has 0 heterocycles. The lowest BCUT2D eigenvalue weighted by Crippen LogP contribution is -2.34. The Morgan fingerprint density at radius 1 is 1.42 bits per heavy atom. The van der Waals surface area contributed by atoms with Crippen LogP contribution in [-0.4, -0.2) is 40.5 Å². The summed E-state index contributed by atoms with van der Waals surface area (Å²) in [4.78, 5) is 23.3. The van der Waals surface area contributed by atoms with Crippen molar-refractivity contribution in [2.24, 2.45) is 0 Å². The standard InChI is InChI=1S/C12H15FN2O4/c1-2-3-14(4-5-16)12(17)9-6-10(13)8-11(7-9)15(18)19/h6-8,16H,2-5H2,1H3. The molecule has 0 fully saturated rings. The van der Waals surface area contributed by atoms with Gasteiger partial charge in [0.15, 0.2) is 0 Å². The molecule has 0 aliphatic heterocycles. The lowest BCUT2D eigenvalue weighted by Gasteiger charge is -2.20. The fraction of sp³-hybridized carbons (Fsp3) is 0.417. The summed E-state index contributed by atoms with van der Waals surface area (Å²) in [5, 5.41) is 19.5. The van der Waals surface area contributed by atoms with Gasteiger partial charge in [0.05, 0.1) is 17.6 Å². The zero-order chi connectivity index (χ0) is 14.4. The molecule has 0 radical (unpaired) electrons. The van der Waals surface area contributed by atoms with E-state index in [-0.39, 0.29) is 18.7 Å². The van der Waals surface area contributed by atoms with Gasteiger partial charge >= 0.3 is 0 Å². The molecule has 1 rings (SSSR count). The second-order valence-electron chi connectivity index (χ2n) is 3.97. The van der Waals surface area contributed by atoms with Crippen molar-refractivity contribution < 1.29 is 19.2 Å². The van der Waals surface area contributed by atoms with Crippen LogP contribution in [0.4, 0.5) is 10.1 Å². The summed E-state index contributed by atoms with van der Waals surface area (Å²) in [6.45, 7) is 2.13. The number of amides is 1. The van der Waals surface area contributed by atoms with E-state index in [1.54, 1.807) is 0 Å². The van der Waals surface area contributed by atoms with E-state index in [9.17, 15) is 19.3 Å². The first kappa shape index (κ1) is 15.0. The molecule has 104 valence electrons. The largest absolute Gasteiger partial charge is 0.395 e. The molecule has 6 nitrogen and oxygen atoms in total. The summed E-state index contributed by atoms with van der Waals surface area (Å²) in [6, 6.07) is 2.74. The minimum atomic E-state index is -0.835. The number of hydrogen-bond donors (Lipinski definition) is 1. The molecule has 0 atom stereocenters. The van der Waals surface area contributed by atoms with Crippen LogP contribution >= 0.6 is 0 Å². The third-order valence-corrected chi connectivity index (χ3v) is 2.49. The van der Waals surface area contributed by atoms with Gasteiger partial charge in [-0.05, 0) is 12.5 Å². The molecule has 19 heavy (non-hydrogen) atoms. The van der Waals surface area contributed by atoms with Crippen LogP contribution in [0.1, 0.15) is 23.7 Å². The highest BCUT2D eigenvalue weighted by Crippen LogP contribution is 2.17. The Balaban J connectivity index is 3.06. The van der Waals surface area contributed by atoms with Gasteiger partial charge in [0.2, 0.25) is 0 Å². The van der Waals surface area contributed by atoms with Crippen molar-refractivity contribution in [1.82, 2.24) is 4.90 Å². The van der Waals surface area contributed by atoms with Crippen molar-refractivity contribution in [3.63, 3.8) is 0 Å². The zero-order valence-electron chi connectivity index (χ0n) is 10.5. The molecule has 0 spiro atoms. The third-order valence-electron chi connectivity index (χ3n) is 2.49. The Morgan fingerprint density at radius 3 is 2.63 bits per heavy atom. The molecule has 1 N–H and O–H groups in total. The van der Waals surface area contributed by atoms with E-state index in [2.05, 4.69) is 0 Å². The Labute approximate surface area is 109 Å². The molecule has 1 aromatic rings. The van der Waals surface area contributed by atoms with Gasteiger partial charge < -0.3 is 10.0 Å². The number of halogens is 1. The van der Waals surface area contributed by atoms with E-state index in [0.717, 1.165) is 18.2 Å². The molecule has 7 heteroatoms. The fourth-order valence-corrected chi connectivity index (χ4v) is 1.69. The number of carbonyl (C=O) groups excluding carboxylic acids is 1. The number of carbonyl (C=O) groups is 1. The van der Waals surface area contributed by atoms with E-state index < -0.39 is 22.3 Å². The predicted molar refractivity (Wildman–Crippen MR) is 66.3 cm³/mol. The number of benzene rings is 1. The summed E-state index contributed by atoms with van der Waals surface area (Å²) in [5.41, 5.74) is -0.558. The number of nitrogens with zero attached hydrogens (tertiary/aromatic N) is 2. The van der Waals surface area contributed by atoms with Gasteiger partial charge in [-0.3, -0.25) is 14.9 Å². The van der Waals surface area contributed by atoms with Crippen molar-refractivity contribution in [3.8, 4) is 0 Å². The van der Waals surface area contributed by atoms with E-state index in [1.165, 1.54) is 4.90 Å². The van der Waals surface area contributed by atoms with Gasteiger partial charge in [0.25, 0.3) is 11.6 Å². The maximum Gasteiger partial charge on any atom is 0.273 e. The van der Waals surface area contributed by atoms with Crippen LogP contribution in [0, 0.1) is 15.9 Å². The van der Waals surface area contributed by atoms with Crippen molar-refractivity contribution in [2.75, 3.05) is 19.7 Å². The third kappa shape index (κ3) is 3.99. The van der Waals surface area contributed by atoms with Crippen LogP contribution in [0.2, 0.25) is 0 Å². The lowest BCUT2D eigenvalue weighted by atomic mass is 10.1. The first-order valence-electron chi connectivity index (χ1n) is 5.84. The lowest BCUT2D eigenvalue weighted by molar-refractivity contribution is -0.385.